The molecule has 174 valence electrons. The molecule has 0 bridgehead atoms. The zero-order chi connectivity index (χ0) is 23.2. The molecule has 4 rings (SSSR count). The predicted octanol–water partition coefficient (Wildman–Crippen LogP) is 2.40. The summed E-state index contributed by atoms with van der Waals surface area (Å²) in [6.07, 6.45) is 4.07. The number of morpholine rings is 1. The summed E-state index contributed by atoms with van der Waals surface area (Å²) in [5.41, 5.74) is 2.94. The Hall–Kier alpha value is -3.39. The Kier molecular flexibility index (Phi) is 7.24. The van der Waals surface area contributed by atoms with Gasteiger partial charge in [0.05, 0.1) is 13.2 Å². The van der Waals surface area contributed by atoms with Crippen molar-refractivity contribution in [2.45, 2.75) is 32.9 Å². The van der Waals surface area contributed by atoms with Crippen LogP contribution < -0.4 is 15.5 Å². The lowest BCUT2D eigenvalue weighted by molar-refractivity contribution is -0.130. The number of anilines is 1. The molecule has 8 nitrogen and oxygen atoms in total. The van der Waals surface area contributed by atoms with E-state index in [1.54, 1.807) is 6.20 Å². The zero-order valence-electron chi connectivity index (χ0n) is 19.1. The summed E-state index contributed by atoms with van der Waals surface area (Å²) in [6.45, 7) is 6.84. The lowest BCUT2D eigenvalue weighted by Gasteiger charge is -2.29. The number of hydrogen-bond acceptors (Lipinski definition) is 5. The number of fused-ring (bicyclic) bond motifs is 1. The zero-order valence-corrected chi connectivity index (χ0v) is 19.1. The number of hydrogen-bond donors (Lipinski definition) is 3. The summed E-state index contributed by atoms with van der Waals surface area (Å²) < 4.78 is 5.45. The minimum absolute atomic E-state index is 0.148. The first-order valence-corrected chi connectivity index (χ1v) is 11.4. The summed E-state index contributed by atoms with van der Waals surface area (Å²) in [4.78, 5) is 35.6. The summed E-state index contributed by atoms with van der Waals surface area (Å²) in [5, 5.41) is 7.00. The number of carbonyl (C=O) groups is 2. The quantitative estimate of drug-likeness (QED) is 0.491. The molecule has 33 heavy (non-hydrogen) atoms. The Labute approximate surface area is 193 Å². The van der Waals surface area contributed by atoms with E-state index in [1.807, 2.05) is 56.4 Å². The molecule has 3 N–H and O–H groups in total. The van der Waals surface area contributed by atoms with Gasteiger partial charge in [0.25, 0.3) is 0 Å². The number of H-pyrrole nitrogens is 1. The van der Waals surface area contributed by atoms with E-state index in [2.05, 4.69) is 25.5 Å². The third-order valence-corrected chi connectivity index (χ3v) is 5.89. The molecule has 3 aromatic rings. The van der Waals surface area contributed by atoms with Crippen molar-refractivity contribution in [1.82, 2.24) is 20.6 Å². The van der Waals surface area contributed by atoms with Crippen LogP contribution in [0.3, 0.4) is 0 Å². The number of benzene rings is 1. The lowest BCUT2D eigenvalue weighted by Crippen LogP contribution is -2.49. The number of ether oxygens (including phenoxy) is 1. The van der Waals surface area contributed by atoms with Crippen molar-refractivity contribution >= 4 is 28.5 Å². The lowest BCUT2D eigenvalue weighted by atomic mass is 10.0. The van der Waals surface area contributed by atoms with Crippen molar-refractivity contribution < 1.29 is 14.3 Å². The first-order chi connectivity index (χ1) is 16.0. The molecule has 1 fully saturated rings. The van der Waals surface area contributed by atoms with Crippen LogP contribution in [0.1, 0.15) is 25.0 Å². The molecule has 3 heterocycles. The first kappa shape index (κ1) is 22.8. The van der Waals surface area contributed by atoms with Crippen LogP contribution in [0.2, 0.25) is 0 Å². The summed E-state index contributed by atoms with van der Waals surface area (Å²) >= 11 is 0. The standard InChI is InChI=1S/C25H31N5O3/c1-17(2)24(31)29-22(14-19-16-27-21-8-4-3-7-20(19)21)25(32)28-15-18-6-5-9-26-23(18)30-10-12-33-13-11-30/h3-9,16-17,22,27H,10-15H2,1-2H3,(H,28,32)(H,29,31)/t22-/m1/s1. The molecular formula is C25H31N5O3. The van der Waals surface area contributed by atoms with E-state index >= 15 is 0 Å². The molecule has 0 saturated carbocycles. The topological polar surface area (TPSA) is 99.3 Å². The van der Waals surface area contributed by atoms with Crippen molar-refractivity contribution in [2.24, 2.45) is 5.92 Å². The van der Waals surface area contributed by atoms with Crippen LogP contribution >= 0.6 is 0 Å². The second-order valence-electron chi connectivity index (χ2n) is 8.58. The van der Waals surface area contributed by atoms with E-state index in [1.165, 1.54) is 0 Å². The van der Waals surface area contributed by atoms with Gasteiger partial charge in [-0.2, -0.15) is 0 Å². The molecule has 0 aliphatic carbocycles. The molecule has 1 atom stereocenters. The largest absolute Gasteiger partial charge is 0.378 e. The smallest absolute Gasteiger partial charge is 0.243 e. The van der Waals surface area contributed by atoms with Gasteiger partial charge in [0.15, 0.2) is 0 Å². The van der Waals surface area contributed by atoms with Crippen molar-refractivity contribution in [3.05, 3.63) is 59.9 Å². The number of pyridine rings is 1. The van der Waals surface area contributed by atoms with Gasteiger partial charge in [-0.1, -0.05) is 38.1 Å². The highest BCUT2D eigenvalue weighted by Gasteiger charge is 2.24. The van der Waals surface area contributed by atoms with Gasteiger partial charge in [0.2, 0.25) is 11.8 Å². The molecule has 2 aromatic heterocycles. The molecule has 0 unspecified atom stereocenters. The van der Waals surface area contributed by atoms with Crippen LogP contribution in [0.5, 0.6) is 0 Å². The molecule has 1 aliphatic rings. The Balaban J connectivity index is 1.49. The van der Waals surface area contributed by atoms with Crippen LogP contribution in [0.25, 0.3) is 10.9 Å². The van der Waals surface area contributed by atoms with Gasteiger partial charge in [-0.05, 0) is 17.7 Å². The molecule has 1 aliphatic heterocycles. The predicted molar refractivity (Wildman–Crippen MR) is 128 cm³/mol. The van der Waals surface area contributed by atoms with Crippen LogP contribution in [0.4, 0.5) is 5.82 Å². The number of para-hydroxylation sites is 1. The van der Waals surface area contributed by atoms with Gasteiger partial charge in [0.1, 0.15) is 11.9 Å². The number of nitrogens with one attached hydrogen (secondary N) is 3. The maximum absolute atomic E-state index is 13.2. The van der Waals surface area contributed by atoms with E-state index in [-0.39, 0.29) is 17.7 Å². The van der Waals surface area contributed by atoms with Crippen LogP contribution in [-0.4, -0.2) is 54.1 Å². The van der Waals surface area contributed by atoms with Crippen molar-refractivity contribution in [3.8, 4) is 0 Å². The molecule has 2 amide bonds. The molecule has 1 aromatic carbocycles. The summed E-state index contributed by atoms with van der Waals surface area (Å²) in [7, 11) is 0. The molecule has 8 heteroatoms. The van der Waals surface area contributed by atoms with E-state index in [0.29, 0.717) is 26.2 Å². The second-order valence-corrected chi connectivity index (χ2v) is 8.58. The highest BCUT2D eigenvalue weighted by molar-refractivity contribution is 5.90. The Bertz CT molecular complexity index is 1100. The molecule has 0 radical (unpaired) electrons. The highest BCUT2D eigenvalue weighted by Crippen LogP contribution is 2.20. The first-order valence-electron chi connectivity index (χ1n) is 11.4. The van der Waals surface area contributed by atoms with Crippen molar-refractivity contribution in [1.29, 1.82) is 0 Å². The Morgan fingerprint density at radius 2 is 1.88 bits per heavy atom. The fourth-order valence-corrected chi connectivity index (χ4v) is 4.00. The summed E-state index contributed by atoms with van der Waals surface area (Å²) in [5.74, 6) is 0.284. The van der Waals surface area contributed by atoms with Gasteiger partial charge in [0, 0.05) is 60.8 Å². The molecule has 0 spiro atoms. The van der Waals surface area contributed by atoms with Crippen LogP contribution in [-0.2, 0) is 27.3 Å². The highest BCUT2D eigenvalue weighted by atomic mass is 16.5. The fraction of sp³-hybridized carbons (Fsp3) is 0.400. The maximum Gasteiger partial charge on any atom is 0.243 e. The normalized spacial score (nSPS) is 14.9. The SMILES string of the molecule is CC(C)C(=O)N[C@H](Cc1c[nH]c2ccccc12)C(=O)NCc1cccnc1N1CCOCC1. The maximum atomic E-state index is 13.2. The monoisotopic (exact) mass is 449 g/mol. The number of rotatable bonds is 8. The van der Waals surface area contributed by atoms with Crippen molar-refractivity contribution in [3.63, 3.8) is 0 Å². The number of aromatic nitrogens is 2. The van der Waals surface area contributed by atoms with Gasteiger partial charge in [-0.15, -0.1) is 0 Å². The van der Waals surface area contributed by atoms with Gasteiger partial charge >= 0.3 is 0 Å². The average Bonchev–Trinajstić information content (AvgIpc) is 3.25. The second kappa shape index (κ2) is 10.5. The number of nitrogens with zero attached hydrogens (tertiary/aromatic N) is 2. The van der Waals surface area contributed by atoms with E-state index < -0.39 is 6.04 Å². The van der Waals surface area contributed by atoms with E-state index in [0.717, 1.165) is 40.9 Å². The number of aromatic amines is 1. The minimum Gasteiger partial charge on any atom is -0.378 e. The van der Waals surface area contributed by atoms with E-state index in [9.17, 15) is 9.59 Å². The Morgan fingerprint density at radius 1 is 1.09 bits per heavy atom. The number of carbonyl (C=O) groups excluding carboxylic acids is 2. The van der Waals surface area contributed by atoms with Crippen molar-refractivity contribution in [2.75, 3.05) is 31.2 Å². The number of amides is 2. The fourth-order valence-electron chi connectivity index (χ4n) is 4.00. The van der Waals surface area contributed by atoms with Gasteiger partial charge in [-0.3, -0.25) is 9.59 Å². The Morgan fingerprint density at radius 3 is 2.67 bits per heavy atom. The molecular weight excluding hydrogens is 418 g/mol. The third-order valence-electron chi connectivity index (χ3n) is 5.89. The van der Waals surface area contributed by atoms with Gasteiger partial charge in [-0.25, -0.2) is 4.98 Å². The van der Waals surface area contributed by atoms with Crippen LogP contribution in [0.15, 0.2) is 48.8 Å². The molecule has 1 saturated heterocycles. The third kappa shape index (κ3) is 5.51. The van der Waals surface area contributed by atoms with E-state index in [4.69, 9.17) is 4.74 Å². The van der Waals surface area contributed by atoms with Gasteiger partial charge < -0.3 is 25.3 Å². The van der Waals surface area contributed by atoms with Crippen LogP contribution in [0, 0.1) is 5.92 Å². The average molecular weight is 450 g/mol. The minimum atomic E-state index is -0.678. The summed E-state index contributed by atoms with van der Waals surface area (Å²) in [6, 6.07) is 11.1.